The van der Waals surface area contributed by atoms with E-state index in [1.807, 2.05) is 0 Å². The smallest absolute Gasteiger partial charge is 0.143 e. The second kappa shape index (κ2) is 12.3. The molecule has 0 radical (unpaired) electrons. The predicted molar refractivity (Wildman–Crippen MR) is 242 cm³/mol. The normalized spacial score (nSPS) is 14.8. The molecule has 2 heteroatoms. The van der Waals surface area contributed by atoms with Crippen molar-refractivity contribution in [2.24, 2.45) is 0 Å². The first kappa shape index (κ1) is 35.5. The molecule has 0 aliphatic heterocycles. The summed E-state index contributed by atoms with van der Waals surface area (Å²) in [6, 6.07) is 52.5. The zero-order valence-electron chi connectivity index (χ0n) is 34.7. The minimum atomic E-state index is -0.150. The van der Waals surface area contributed by atoms with Crippen LogP contribution in [0.1, 0.15) is 102 Å². The van der Waals surface area contributed by atoms with Gasteiger partial charge in [0.25, 0.3) is 0 Å². The van der Waals surface area contributed by atoms with Gasteiger partial charge in [-0.2, -0.15) is 0 Å². The molecule has 0 unspecified atom stereocenters. The number of hydrogen-bond acceptors (Lipinski definition) is 2. The molecule has 282 valence electrons. The van der Waals surface area contributed by atoms with Gasteiger partial charge in [-0.3, -0.25) is 0 Å². The van der Waals surface area contributed by atoms with Gasteiger partial charge in [-0.05, 0) is 109 Å². The van der Waals surface area contributed by atoms with Crippen LogP contribution in [-0.2, 0) is 16.2 Å². The topological polar surface area (TPSA) is 16.4 Å². The first-order valence-corrected chi connectivity index (χ1v) is 20.6. The lowest BCUT2D eigenvalue weighted by Gasteiger charge is -2.30. The Morgan fingerprint density at radius 1 is 0.474 bits per heavy atom. The summed E-state index contributed by atoms with van der Waals surface area (Å²) in [6.45, 7) is 20.9. The number of rotatable bonds is 5. The highest BCUT2D eigenvalue weighted by molar-refractivity contribution is 6.10. The van der Waals surface area contributed by atoms with Crippen LogP contribution in [0.4, 0.5) is 17.1 Å². The van der Waals surface area contributed by atoms with Crippen LogP contribution in [0.15, 0.2) is 144 Å². The SMILES string of the molecule is CC(C)c1cccc2c1oc1c(-c3cccc(N(c4ccc5c(c4)C(C)(C)c4ccccc4-5)c4ccc5c(c4)C(C)(C)c4cc(C(C)(C)C)ccc4-5)c3)cccc12. The molecule has 8 aromatic rings. The third-order valence-corrected chi connectivity index (χ3v) is 13.2. The molecule has 1 aromatic heterocycles. The summed E-state index contributed by atoms with van der Waals surface area (Å²) in [6.07, 6.45) is 0. The van der Waals surface area contributed by atoms with Gasteiger partial charge in [0, 0.05) is 44.2 Å². The van der Waals surface area contributed by atoms with Crippen molar-refractivity contribution in [2.45, 2.75) is 84.5 Å². The summed E-state index contributed by atoms with van der Waals surface area (Å²) in [5, 5.41) is 2.33. The highest BCUT2D eigenvalue weighted by Crippen LogP contribution is 2.54. The minimum absolute atomic E-state index is 0.0806. The summed E-state index contributed by atoms with van der Waals surface area (Å²) in [5.41, 5.74) is 20.9. The summed E-state index contributed by atoms with van der Waals surface area (Å²) in [5.74, 6) is 0.366. The van der Waals surface area contributed by atoms with Crippen LogP contribution in [0.5, 0.6) is 0 Å². The molecule has 0 atom stereocenters. The van der Waals surface area contributed by atoms with Crippen molar-refractivity contribution in [1.82, 2.24) is 0 Å². The van der Waals surface area contributed by atoms with E-state index in [2.05, 4.69) is 207 Å². The van der Waals surface area contributed by atoms with Gasteiger partial charge in [-0.15, -0.1) is 0 Å². The Kier molecular flexibility index (Phi) is 7.68. The van der Waals surface area contributed by atoms with Gasteiger partial charge in [0.2, 0.25) is 0 Å². The largest absolute Gasteiger partial charge is 0.455 e. The van der Waals surface area contributed by atoms with Crippen molar-refractivity contribution in [1.29, 1.82) is 0 Å². The molecule has 0 spiro atoms. The van der Waals surface area contributed by atoms with E-state index in [1.165, 1.54) is 61.0 Å². The van der Waals surface area contributed by atoms with Gasteiger partial charge < -0.3 is 9.32 Å². The molecule has 1 heterocycles. The van der Waals surface area contributed by atoms with Crippen molar-refractivity contribution in [3.63, 3.8) is 0 Å². The zero-order chi connectivity index (χ0) is 39.6. The minimum Gasteiger partial charge on any atom is -0.455 e. The van der Waals surface area contributed by atoms with E-state index in [9.17, 15) is 0 Å². The van der Waals surface area contributed by atoms with Crippen molar-refractivity contribution >= 4 is 39.0 Å². The maximum absolute atomic E-state index is 6.82. The van der Waals surface area contributed by atoms with E-state index in [4.69, 9.17) is 4.42 Å². The van der Waals surface area contributed by atoms with Gasteiger partial charge in [-0.1, -0.05) is 165 Å². The van der Waals surface area contributed by atoms with E-state index in [0.29, 0.717) is 5.92 Å². The van der Waals surface area contributed by atoms with Gasteiger partial charge in [-0.25, -0.2) is 0 Å². The molecule has 2 nitrogen and oxygen atoms in total. The van der Waals surface area contributed by atoms with Crippen LogP contribution in [0.2, 0.25) is 0 Å². The number of anilines is 3. The van der Waals surface area contributed by atoms with E-state index >= 15 is 0 Å². The fraction of sp³-hybridized carbons (Fsp3) is 0.236. The number of nitrogens with zero attached hydrogens (tertiary/aromatic N) is 1. The van der Waals surface area contributed by atoms with E-state index in [0.717, 1.165) is 44.7 Å². The third kappa shape index (κ3) is 5.29. The van der Waals surface area contributed by atoms with Crippen LogP contribution in [-0.4, -0.2) is 0 Å². The predicted octanol–water partition coefficient (Wildman–Crippen LogP) is 15.8. The standard InChI is InChI=1S/C55H51NO/c1-33(2)39-18-13-20-45-46-21-14-19-40(52(46)57-51(39)45)34-15-12-16-36(29-34)56(37-24-27-43-41-17-10-11-22-47(41)54(6,7)49(43)31-37)38-25-28-44-42-26-23-35(53(3,4)5)30-48(42)55(8,9)50(44)32-38/h10-33H,1-9H3. The third-order valence-electron chi connectivity index (χ3n) is 13.2. The van der Waals surface area contributed by atoms with E-state index in [1.54, 1.807) is 0 Å². The number of para-hydroxylation sites is 2. The van der Waals surface area contributed by atoms with Gasteiger partial charge in [0.1, 0.15) is 11.2 Å². The van der Waals surface area contributed by atoms with Crippen molar-refractivity contribution in [2.75, 3.05) is 4.90 Å². The summed E-state index contributed by atoms with van der Waals surface area (Å²) in [4.78, 5) is 2.47. The van der Waals surface area contributed by atoms with Gasteiger partial charge in [0.05, 0.1) is 0 Å². The summed E-state index contributed by atoms with van der Waals surface area (Å²) >= 11 is 0. The first-order valence-electron chi connectivity index (χ1n) is 20.6. The quantitative estimate of drug-likeness (QED) is 0.175. The molecule has 10 rings (SSSR count). The Hall–Kier alpha value is -5.86. The molecule has 57 heavy (non-hydrogen) atoms. The number of fused-ring (bicyclic) bond motifs is 9. The number of benzene rings is 7. The fourth-order valence-corrected chi connectivity index (χ4v) is 9.95. The lowest BCUT2D eigenvalue weighted by atomic mass is 9.79. The van der Waals surface area contributed by atoms with Crippen LogP contribution in [0.25, 0.3) is 55.3 Å². The molecular weight excluding hydrogens is 691 g/mol. The second-order valence-corrected chi connectivity index (χ2v) is 18.8. The molecule has 0 saturated heterocycles. The molecule has 0 N–H and O–H groups in total. The summed E-state index contributed by atoms with van der Waals surface area (Å²) in [7, 11) is 0. The number of furan rings is 1. The molecule has 7 aromatic carbocycles. The lowest BCUT2D eigenvalue weighted by Crippen LogP contribution is -2.19. The van der Waals surface area contributed by atoms with Crippen molar-refractivity contribution < 1.29 is 4.42 Å². The van der Waals surface area contributed by atoms with Crippen molar-refractivity contribution in [3.05, 3.63) is 173 Å². The second-order valence-electron chi connectivity index (χ2n) is 18.8. The molecule has 0 fully saturated rings. The average Bonchev–Trinajstić information content (AvgIpc) is 3.77. The fourth-order valence-electron chi connectivity index (χ4n) is 9.95. The number of hydrogen-bond donors (Lipinski definition) is 0. The van der Waals surface area contributed by atoms with Gasteiger partial charge in [0.15, 0.2) is 0 Å². The van der Waals surface area contributed by atoms with Crippen LogP contribution >= 0.6 is 0 Å². The highest BCUT2D eigenvalue weighted by Gasteiger charge is 2.38. The highest BCUT2D eigenvalue weighted by atomic mass is 16.3. The first-order chi connectivity index (χ1) is 27.2. The van der Waals surface area contributed by atoms with Crippen LogP contribution in [0.3, 0.4) is 0 Å². The molecule has 0 bridgehead atoms. The van der Waals surface area contributed by atoms with Gasteiger partial charge >= 0.3 is 0 Å². The Balaban J connectivity index is 1.16. The maximum atomic E-state index is 6.82. The lowest BCUT2D eigenvalue weighted by molar-refractivity contribution is 0.584. The Morgan fingerprint density at radius 3 is 1.67 bits per heavy atom. The van der Waals surface area contributed by atoms with Crippen LogP contribution in [0, 0.1) is 0 Å². The maximum Gasteiger partial charge on any atom is 0.143 e. The average molecular weight is 742 g/mol. The molecular formula is C55H51NO. The summed E-state index contributed by atoms with van der Waals surface area (Å²) < 4.78 is 6.82. The Morgan fingerprint density at radius 2 is 1.00 bits per heavy atom. The molecule has 2 aliphatic rings. The van der Waals surface area contributed by atoms with E-state index in [-0.39, 0.29) is 16.2 Å². The Labute approximate surface area is 337 Å². The monoisotopic (exact) mass is 741 g/mol. The zero-order valence-corrected chi connectivity index (χ0v) is 34.7. The van der Waals surface area contributed by atoms with Crippen LogP contribution < -0.4 is 4.90 Å². The van der Waals surface area contributed by atoms with E-state index < -0.39 is 0 Å². The molecule has 0 saturated carbocycles. The van der Waals surface area contributed by atoms with Crippen molar-refractivity contribution in [3.8, 4) is 33.4 Å². The molecule has 0 amide bonds. The Bertz CT molecular complexity index is 2930. The molecule has 2 aliphatic carbocycles.